The molecule has 0 bridgehead atoms. The summed E-state index contributed by atoms with van der Waals surface area (Å²) in [6, 6.07) is 1.94. The quantitative estimate of drug-likeness (QED) is 0.839. The van der Waals surface area contributed by atoms with Crippen LogP contribution in [0.25, 0.3) is 17.1 Å². The lowest BCUT2D eigenvalue weighted by molar-refractivity contribution is 0.773. The maximum absolute atomic E-state index is 5.62. The molecule has 2 rings (SSSR count). The Hall–Kier alpha value is -1.62. The van der Waals surface area contributed by atoms with Crippen LogP contribution < -0.4 is 5.73 Å². The number of aryl methyl sites for hydroxylation is 2. The minimum atomic E-state index is 0.511. The minimum absolute atomic E-state index is 0.511. The summed E-state index contributed by atoms with van der Waals surface area (Å²) >= 11 is 1.55. The van der Waals surface area contributed by atoms with Gasteiger partial charge < -0.3 is 5.73 Å². The third-order valence-electron chi connectivity index (χ3n) is 2.13. The van der Waals surface area contributed by atoms with Crippen molar-refractivity contribution in [3.63, 3.8) is 0 Å². The Morgan fingerprint density at radius 1 is 1.60 bits per heavy atom. The summed E-state index contributed by atoms with van der Waals surface area (Å²) in [6.07, 6.45) is 1.76. The molecule has 0 saturated heterocycles. The molecule has 0 aromatic carbocycles. The van der Waals surface area contributed by atoms with Gasteiger partial charge in [-0.1, -0.05) is 6.58 Å². The van der Waals surface area contributed by atoms with Crippen molar-refractivity contribution in [1.29, 1.82) is 0 Å². The van der Waals surface area contributed by atoms with Gasteiger partial charge in [0, 0.05) is 18.1 Å². The molecule has 2 aromatic heterocycles. The van der Waals surface area contributed by atoms with Crippen LogP contribution in [0.2, 0.25) is 0 Å². The number of aromatic nitrogens is 3. The number of nitrogens with zero attached hydrogens (tertiary/aromatic N) is 3. The molecule has 0 spiro atoms. The van der Waals surface area contributed by atoms with Crippen molar-refractivity contribution in [3.05, 3.63) is 28.7 Å². The summed E-state index contributed by atoms with van der Waals surface area (Å²) in [7, 11) is 1.89. The van der Waals surface area contributed by atoms with Gasteiger partial charge >= 0.3 is 0 Å². The number of nitrogens with two attached hydrogens (primary N) is 1. The van der Waals surface area contributed by atoms with Crippen molar-refractivity contribution in [1.82, 2.24) is 14.8 Å². The summed E-state index contributed by atoms with van der Waals surface area (Å²) in [6.45, 7) is 5.71. The van der Waals surface area contributed by atoms with E-state index < -0.39 is 0 Å². The van der Waals surface area contributed by atoms with E-state index in [0.29, 0.717) is 5.70 Å². The van der Waals surface area contributed by atoms with E-state index in [9.17, 15) is 0 Å². The lowest BCUT2D eigenvalue weighted by Crippen LogP contribution is -1.96. The Balaban J connectivity index is 2.54. The van der Waals surface area contributed by atoms with E-state index in [-0.39, 0.29) is 0 Å². The van der Waals surface area contributed by atoms with Gasteiger partial charge in [0.2, 0.25) is 0 Å². The molecule has 0 aliphatic rings. The highest BCUT2D eigenvalue weighted by Gasteiger charge is 2.12. The van der Waals surface area contributed by atoms with E-state index in [0.717, 1.165) is 21.3 Å². The van der Waals surface area contributed by atoms with E-state index >= 15 is 0 Å². The molecule has 0 atom stereocenters. The molecule has 0 radical (unpaired) electrons. The fourth-order valence-electron chi connectivity index (χ4n) is 1.38. The molecule has 15 heavy (non-hydrogen) atoms. The van der Waals surface area contributed by atoms with Crippen LogP contribution in [0, 0.1) is 6.92 Å². The van der Waals surface area contributed by atoms with Crippen LogP contribution in [0.5, 0.6) is 0 Å². The van der Waals surface area contributed by atoms with Crippen molar-refractivity contribution >= 4 is 17.0 Å². The smallest absolute Gasteiger partial charge is 0.139 e. The molecular weight excluding hydrogens is 208 g/mol. The highest BCUT2D eigenvalue weighted by molar-refractivity contribution is 7.13. The Morgan fingerprint density at radius 2 is 2.33 bits per heavy atom. The minimum Gasteiger partial charge on any atom is -0.397 e. The van der Waals surface area contributed by atoms with Crippen molar-refractivity contribution in [2.75, 3.05) is 0 Å². The molecule has 0 saturated carbocycles. The van der Waals surface area contributed by atoms with Gasteiger partial charge in [-0.3, -0.25) is 4.68 Å². The van der Waals surface area contributed by atoms with E-state index in [1.807, 2.05) is 20.0 Å². The SMILES string of the molecule is C=C(N)c1nc(-c2ccnn2C)c(C)s1. The summed E-state index contributed by atoms with van der Waals surface area (Å²) in [5.41, 5.74) is 8.06. The van der Waals surface area contributed by atoms with E-state index in [2.05, 4.69) is 16.7 Å². The number of rotatable bonds is 2. The molecule has 0 fully saturated rings. The fourth-order valence-corrected chi connectivity index (χ4v) is 2.18. The third-order valence-corrected chi connectivity index (χ3v) is 3.18. The van der Waals surface area contributed by atoms with Crippen molar-refractivity contribution in [3.8, 4) is 11.4 Å². The van der Waals surface area contributed by atoms with Crippen LogP contribution in [0.3, 0.4) is 0 Å². The first kappa shape index (κ1) is 9.92. The zero-order valence-corrected chi connectivity index (χ0v) is 9.51. The second kappa shape index (κ2) is 3.51. The number of hydrogen-bond acceptors (Lipinski definition) is 4. The van der Waals surface area contributed by atoms with E-state index in [4.69, 9.17) is 5.73 Å². The van der Waals surface area contributed by atoms with Crippen molar-refractivity contribution in [2.24, 2.45) is 12.8 Å². The second-order valence-corrected chi connectivity index (χ2v) is 4.49. The van der Waals surface area contributed by atoms with Crippen LogP contribution in [0.4, 0.5) is 0 Å². The standard InChI is InChI=1S/C10H12N4S/c1-6(11)10-13-9(7(2)15-10)8-4-5-12-14(8)3/h4-5H,1,11H2,2-3H3. The van der Waals surface area contributed by atoms with Crippen LogP contribution in [-0.2, 0) is 7.05 Å². The highest BCUT2D eigenvalue weighted by atomic mass is 32.1. The summed E-state index contributed by atoms with van der Waals surface area (Å²) in [5, 5.41) is 4.90. The first-order chi connectivity index (χ1) is 7.09. The third kappa shape index (κ3) is 1.66. The van der Waals surface area contributed by atoms with Crippen LogP contribution in [0.1, 0.15) is 9.88 Å². The van der Waals surface area contributed by atoms with Gasteiger partial charge in [-0.25, -0.2) is 4.98 Å². The molecule has 0 aliphatic heterocycles. The Kier molecular flexibility index (Phi) is 2.32. The average Bonchev–Trinajstić information content (AvgIpc) is 2.71. The highest BCUT2D eigenvalue weighted by Crippen LogP contribution is 2.28. The molecule has 2 heterocycles. The summed E-state index contributed by atoms with van der Waals surface area (Å²) in [5.74, 6) is 0. The van der Waals surface area contributed by atoms with Gasteiger partial charge in [-0.05, 0) is 13.0 Å². The first-order valence-electron chi connectivity index (χ1n) is 4.50. The molecule has 5 heteroatoms. The molecule has 0 amide bonds. The molecule has 0 unspecified atom stereocenters. The van der Waals surface area contributed by atoms with E-state index in [1.54, 1.807) is 22.2 Å². The van der Waals surface area contributed by atoms with Gasteiger partial charge in [0.1, 0.15) is 10.7 Å². The number of thiazole rings is 1. The predicted molar refractivity (Wildman–Crippen MR) is 62.3 cm³/mol. The fraction of sp³-hybridized carbons (Fsp3) is 0.200. The monoisotopic (exact) mass is 220 g/mol. The molecule has 2 N–H and O–H groups in total. The van der Waals surface area contributed by atoms with Gasteiger partial charge in [-0.2, -0.15) is 5.10 Å². The molecule has 78 valence electrons. The average molecular weight is 220 g/mol. The maximum atomic E-state index is 5.62. The summed E-state index contributed by atoms with van der Waals surface area (Å²) in [4.78, 5) is 5.57. The second-order valence-electron chi connectivity index (χ2n) is 3.29. The van der Waals surface area contributed by atoms with Gasteiger partial charge in [0.25, 0.3) is 0 Å². The van der Waals surface area contributed by atoms with Crippen LogP contribution in [-0.4, -0.2) is 14.8 Å². The number of hydrogen-bond donors (Lipinski definition) is 1. The van der Waals surface area contributed by atoms with Crippen molar-refractivity contribution in [2.45, 2.75) is 6.92 Å². The topological polar surface area (TPSA) is 56.7 Å². The van der Waals surface area contributed by atoms with Crippen LogP contribution >= 0.6 is 11.3 Å². The van der Waals surface area contributed by atoms with Gasteiger partial charge in [0.05, 0.1) is 11.4 Å². The molecule has 2 aromatic rings. The van der Waals surface area contributed by atoms with Gasteiger partial charge in [0.15, 0.2) is 0 Å². The van der Waals surface area contributed by atoms with Crippen molar-refractivity contribution < 1.29 is 0 Å². The molecule has 0 aliphatic carbocycles. The largest absolute Gasteiger partial charge is 0.397 e. The predicted octanol–water partition coefficient (Wildman–Crippen LogP) is 1.78. The van der Waals surface area contributed by atoms with E-state index in [1.165, 1.54) is 0 Å². The Morgan fingerprint density at radius 3 is 2.80 bits per heavy atom. The van der Waals surface area contributed by atoms with Crippen LogP contribution in [0.15, 0.2) is 18.8 Å². The summed E-state index contributed by atoms with van der Waals surface area (Å²) < 4.78 is 1.80. The normalized spacial score (nSPS) is 10.5. The lowest BCUT2D eigenvalue weighted by atomic mass is 10.3. The zero-order valence-electron chi connectivity index (χ0n) is 8.69. The molecule has 4 nitrogen and oxygen atoms in total. The maximum Gasteiger partial charge on any atom is 0.139 e. The Bertz CT molecular complexity index is 509. The lowest BCUT2D eigenvalue weighted by Gasteiger charge is -1.98. The zero-order chi connectivity index (χ0) is 11.0. The van der Waals surface area contributed by atoms with Gasteiger partial charge in [-0.15, -0.1) is 11.3 Å². The molecular formula is C10H12N4S. The first-order valence-corrected chi connectivity index (χ1v) is 5.32. The Labute approximate surface area is 92.1 Å².